The first-order valence-electron chi connectivity index (χ1n) is 10.6. The van der Waals surface area contributed by atoms with Gasteiger partial charge in [0, 0.05) is 12.4 Å². The highest BCUT2D eigenvalue weighted by molar-refractivity contribution is 7.33. The lowest BCUT2D eigenvalue weighted by molar-refractivity contribution is 0.0120. The zero-order chi connectivity index (χ0) is 21.9. The quantitative estimate of drug-likeness (QED) is 0.280. The van der Waals surface area contributed by atoms with E-state index in [1.165, 1.54) is 0 Å². The molecule has 2 aromatic carbocycles. The summed E-state index contributed by atoms with van der Waals surface area (Å²) in [7, 11) is -2.83. The van der Waals surface area contributed by atoms with Gasteiger partial charge in [0.05, 0.1) is 0 Å². The first kappa shape index (κ1) is 24.2. The molecule has 0 atom stereocenters. The molecule has 162 valence electrons. The summed E-state index contributed by atoms with van der Waals surface area (Å²) in [5.74, 6) is 0. The van der Waals surface area contributed by atoms with E-state index in [4.69, 9.17) is 9.05 Å². The maximum atomic E-state index is 12.9. The second-order valence-corrected chi connectivity index (χ2v) is 8.01. The molecule has 30 heavy (non-hydrogen) atoms. The van der Waals surface area contributed by atoms with Crippen molar-refractivity contribution in [1.29, 1.82) is 0 Å². The van der Waals surface area contributed by atoms with Crippen molar-refractivity contribution in [3.63, 3.8) is 0 Å². The molecule has 0 radical (unpaired) electrons. The van der Waals surface area contributed by atoms with Gasteiger partial charge in [-0.15, -0.1) is 0 Å². The summed E-state index contributed by atoms with van der Waals surface area (Å²) in [4.78, 5) is 9.27. The van der Waals surface area contributed by atoms with Crippen molar-refractivity contribution < 1.29 is 13.6 Å². The molecule has 0 heterocycles. The van der Waals surface area contributed by atoms with E-state index >= 15 is 0 Å². The summed E-state index contributed by atoms with van der Waals surface area (Å²) in [6.07, 6.45) is 5.89. The summed E-state index contributed by atoms with van der Waals surface area (Å²) >= 11 is 0. The highest BCUT2D eigenvalue weighted by Gasteiger charge is 2.33. The van der Waals surface area contributed by atoms with Crippen LogP contribution in [0.5, 0.6) is 0 Å². The molecule has 0 N–H and O–H groups in total. The van der Waals surface area contributed by atoms with E-state index in [1.807, 2.05) is 88.4 Å². The molecule has 0 bridgehead atoms. The molecule has 0 amide bonds. The van der Waals surface area contributed by atoms with Gasteiger partial charge in [-0.3, -0.25) is 23.6 Å². The second-order valence-electron chi connectivity index (χ2n) is 7.10. The summed E-state index contributed by atoms with van der Waals surface area (Å²) in [5, 5.41) is 0. The van der Waals surface area contributed by atoms with E-state index in [0.29, 0.717) is 25.7 Å². The van der Waals surface area contributed by atoms with Crippen LogP contribution in [0.15, 0.2) is 70.6 Å². The van der Waals surface area contributed by atoms with Gasteiger partial charge in [-0.25, -0.2) is 0 Å². The molecule has 0 unspecified atom stereocenters. The summed E-state index contributed by atoms with van der Waals surface area (Å²) in [5.41, 5.74) is 0.165. The first-order valence-corrected chi connectivity index (χ1v) is 11.9. The normalized spacial score (nSPS) is 13.9. The lowest BCUT2D eigenvalue weighted by atomic mass is 10.1. The van der Waals surface area contributed by atoms with Crippen molar-refractivity contribution in [2.24, 2.45) is 9.98 Å². The van der Waals surface area contributed by atoms with E-state index in [1.54, 1.807) is 12.4 Å². The standard InChI is InChI=1S/C24H33N2O3P/c1-5-23(6-2,25-19-21-15-11-9-12-16-21)28-30(27)29-24(7-3,8-4)26-20-22-17-13-10-14-18-22/h9-20,30H,5-8H2,1-4H3. The van der Waals surface area contributed by atoms with Crippen molar-refractivity contribution in [1.82, 2.24) is 0 Å². The fourth-order valence-corrected chi connectivity index (χ4v) is 4.35. The SMILES string of the molecule is CCC(CC)(N=Cc1ccccc1)O[PH](=O)OC(CC)(CC)N=Cc1ccccc1. The van der Waals surface area contributed by atoms with Crippen LogP contribution in [0.25, 0.3) is 0 Å². The fraction of sp³-hybridized carbons (Fsp3) is 0.417. The zero-order valence-electron chi connectivity index (χ0n) is 18.4. The number of nitrogens with zero attached hydrogens (tertiary/aromatic N) is 2. The van der Waals surface area contributed by atoms with Crippen molar-refractivity contribution in [3.05, 3.63) is 71.8 Å². The zero-order valence-corrected chi connectivity index (χ0v) is 19.4. The minimum Gasteiger partial charge on any atom is -0.281 e. The van der Waals surface area contributed by atoms with Gasteiger partial charge in [0.2, 0.25) is 0 Å². The van der Waals surface area contributed by atoms with Crippen LogP contribution in [0, 0.1) is 0 Å². The molecular weight excluding hydrogens is 395 g/mol. The Morgan fingerprint density at radius 1 is 0.700 bits per heavy atom. The van der Waals surface area contributed by atoms with Gasteiger partial charge >= 0.3 is 8.25 Å². The van der Waals surface area contributed by atoms with Crippen molar-refractivity contribution in [3.8, 4) is 0 Å². The smallest absolute Gasteiger partial charge is 0.281 e. The van der Waals surface area contributed by atoms with Gasteiger partial charge in [0.15, 0.2) is 11.4 Å². The molecule has 0 aliphatic heterocycles. The molecule has 6 heteroatoms. The van der Waals surface area contributed by atoms with E-state index < -0.39 is 19.7 Å². The maximum absolute atomic E-state index is 12.9. The van der Waals surface area contributed by atoms with Crippen LogP contribution < -0.4 is 0 Å². The van der Waals surface area contributed by atoms with E-state index in [0.717, 1.165) is 11.1 Å². The Balaban J connectivity index is 2.15. The van der Waals surface area contributed by atoms with Crippen LogP contribution in [0.4, 0.5) is 0 Å². The van der Waals surface area contributed by atoms with Crippen LogP contribution in [0.1, 0.15) is 64.5 Å². The molecule has 0 aliphatic rings. The maximum Gasteiger partial charge on any atom is 0.323 e. The number of aliphatic imine (C=N–C) groups is 2. The Morgan fingerprint density at radius 3 is 1.33 bits per heavy atom. The lowest BCUT2D eigenvalue weighted by Gasteiger charge is -2.31. The molecule has 0 aliphatic carbocycles. The third-order valence-corrected chi connectivity index (χ3v) is 6.35. The highest BCUT2D eigenvalue weighted by atomic mass is 31.1. The van der Waals surface area contributed by atoms with Crippen molar-refractivity contribution >= 4 is 20.7 Å². The predicted molar refractivity (Wildman–Crippen MR) is 126 cm³/mol. The highest BCUT2D eigenvalue weighted by Crippen LogP contribution is 2.42. The van der Waals surface area contributed by atoms with E-state index in [9.17, 15) is 4.57 Å². The van der Waals surface area contributed by atoms with Crippen molar-refractivity contribution in [2.75, 3.05) is 0 Å². The third kappa shape index (κ3) is 7.02. The number of hydrogen-bond donors (Lipinski definition) is 0. The van der Waals surface area contributed by atoms with Crippen LogP contribution in [-0.4, -0.2) is 23.9 Å². The second kappa shape index (κ2) is 11.9. The monoisotopic (exact) mass is 428 g/mol. The van der Waals surface area contributed by atoms with Crippen LogP contribution >= 0.6 is 8.25 Å². The van der Waals surface area contributed by atoms with Crippen LogP contribution in [0.2, 0.25) is 0 Å². The van der Waals surface area contributed by atoms with Gasteiger partial charge < -0.3 is 0 Å². The number of rotatable bonds is 12. The van der Waals surface area contributed by atoms with Gasteiger partial charge in [-0.1, -0.05) is 88.4 Å². The minimum atomic E-state index is -2.83. The van der Waals surface area contributed by atoms with Gasteiger partial charge in [0.1, 0.15) is 0 Å². The Morgan fingerprint density at radius 2 is 1.03 bits per heavy atom. The predicted octanol–water partition coefficient (Wildman–Crippen LogP) is 6.68. The van der Waals surface area contributed by atoms with Crippen LogP contribution in [0.3, 0.4) is 0 Å². The average molecular weight is 429 g/mol. The molecule has 0 spiro atoms. The molecule has 0 saturated carbocycles. The number of hydrogen-bond acceptors (Lipinski definition) is 5. The van der Waals surface area contributed by atoms with Crippen LogP contribution in [-0.2, 0) is 13.6 Å². The Kier molecular flexibility index (Phi) is 9.64. The Labute approximate surface area is 181 Å². The molecule has 2 aromatic rings. The number of benzene rings is 2. The third-order valence-electron chi connectivity index (χ3n) is 5.25. The van der Waals surface area contributed by atoms with E-state index in [2.05, 4.69) is 9.98 Å². The molecule has 2 rings (SSSR count). The van der Waals surface area contributed by atoms with Gasteiger partial charge in [-0.05, 0) is 36.8 Å². The lowest BCUT2D eigenvalue weighted by Crippen LogP contribution is -2.30. The first-order chi connectivity index (χ1) is 14.5. The fourth-order valence-electron chi connectivity index (χ4n) is 3.00. The molecule has 0 aromatic heterocycles. The van der Waals surface area contributed by atoms with Crippen molar-refractivity contribution in [2.45, 2.75) is 64.8 Å². The molecule has 0 saturated heterocycles. The van der Waals surface area contributed by atoms with E-state index in [-0.39, 0.29) is 0 Å². The summed E-state index contributed by atoms with van der Waals surface area (Å²) in [6, 6.07) is 19.6. The van der Waals surface area contributed by atoms with Gasteiger partial charge in [-0.2, -0.15) is 0 Å². The Hall–Kier alpha value is -2.07. The summed E-state index contributed by atoms with van der Waals surface area (Å²) < 4.78 is 24.8. The van der Waals surface area contributed by atoms with Gasteiger partial charge in [0.25, 0.3) is 0 Å². The largest absolute Gasteiger partial charge is 0.323 e. The summed E-state index contributed by atoms with van der Waals surface area (Å²) in [6.45, 7) is 7.89. The molecular formula is C24H33N2O3P. The molecule has 5 nitrogen and oxygen atoms in total. The topological polar surface area (TPSA) is 60.2 Å². The molecule has 0 fully saturated rings. The average Bonchev–Trinajstić information content (AvgIpc) is 2.81. The Bertz CT molecular complexity index is 761. The minimum absolute atomic E-state index is 0.588.